The van der Waals surface area contributed by atoms with Crippen LogP contribution in [0.5, 0.6) is 0 Å². The van der Waals surface area contributed by atoms with E-state index in [1.807, 2.05) is 50.7 Å². The first-order valence-corrected chi connectivity index (χ1v) is 7.25. The molecular formula is C15H18BrN3O. The van der Waals surface area contributed by atoms with Gasteiger partial charge < -0.3 is 5.32 Å². The maximum Gasteiger partial charge on any atom is 0.251 e. The number of hydrogen-bond donors (Lipinski definition) is 1. The molecule has 1 aromatic heterocycles. The molecule has 0 aliphatic carbocycles. The number of nitrogens with one attached hydrogen (secondary N) is 1. The Balaban J connectivity index is 2.15. The van der Waals surface area contributed by atoms with Crippen LogP contribution in [0.4, 0.5) is 0 Å². The Bertz CT molecular complexity index is 649. The molecule has 0 radical (unpaired) electrons. The van der Waals surface area contributed by atoms with Crippen molar-refractivity contribution in [3.05, 3.63) is 51.3 Å². The summed E-state index contributed by atoms with van der Waals surface area (Å²) >= 11 is 3.44. The minimum atomic E-state index is -0.0728. The van der Waals surface area contributed by atoms with Crippen molar-refractivity contribution in [2.75, 3.05) is 0 Å². The number of carbonyl (C=O) groups excluding carboxylic acids is 1. The SMILES string of the molecule is Cc1cc(C(=O)NC(C)c2cnn(C)c2C)ccc1Br. The molecule has 20 heavy (non-hydrogen) atoms. The van der Waals surface area contributed by atoms with E-state index in [0.717, 1.165) is 21.3 Å². The molecule has 1 amide bonds. The maximum atomic E-state index is 12.3. The number of aryl methyl sites for hydroxylation is 2. The predicted molar refractivity (Wildman–Crippen MR) is 82.7 cm³/mol. The van der Waals surface area contributed by atoms with Crippen LogP contribution in [-0.4, -0.2) is 15.7 Å². The van der Waals surface area contributed by atoms with E-state index in [9.17, 15) is 4.79 Å². The summed E-state index contributed by atoms with van der Waals surface area (Å²) in [4.78, 5) is 12.3. The largest absolute Gasteiger partial charge is 0.345 e. The third-order valence-corrected chi connectivity index (χ3v) is 4.40. The zero-order valence-electron chi connectivity index (χ0n) is 12.1. The molecule has 0 bridgehead atoms. The number of nitrogens with zero attached hydrogens (tertiary/aromatic N) is 2. The molecule has 0 saturated heterocycles. The van der Waals surface area contributed by atoms with Gasteiger partial charge in [0.2, 0.25) is 0 Å². The number of halogens is 1. The summed E-state index contributed by atoms with van der Waals surface area (Å²) in [5, 5.41) is 7.21. The van der Waals surface area contributed by atoms with Gasteiger partial charge in [0.15, 0.2) is 0 Å². The van der Waals surface area contributed by atoms with E-state index in [2.05, 4.69) is 26.3 Å². The lowest BCUT2D eigenvalue weighted by Gasteiger charge is -2.14. The Labute approximate surface area is 127 Å². The van der Waals surface area contributed by atoms with Crippen LogP contribution in [0.25, 0.3) is 0 Å². The molecule has 106 valence electrons. The molecule has 5 heteroatoms. The normalized spacial score (nSPS) is 12.2. The van der Waals surface area contributed by atoms with Gasteiger partial charge in [-0.3, -0.25) is 9.48 Å². The third-order valence-electron chi connectivity index (χ3n) is 3.51. The molecule has 2 aromatic rings. The Morgan fingerprint density at radius 2 is 2.10 bits per heavy atom. The highest BCUT2D eigenvalue weighted by Crippen LogP contribution is 2.19. The molecule has 0 saturated carbocycles. The van der Waals surface area contributed by atoms with Crippen LogP contribution >= 0.6 is 15.9 Å². The highest BCUT2D eigenvalue weighted by Gasteiger charge is 2.15. The van der Waals surface area contributed by atoms with E-state index >= 15 is 0 Å². The third kappa shape index (κ3) is 2.93. The van der Waals surface area contributed by atoms with E-state index in [0.29, 0.717) is 5.56 Å². The molecule has 0 fully saturated rings. The maximum absolute atomic E-state index is 12.3. The second-order valence-electron chi connectivity index (χ2n) is 4.97. The molecule has 1 unspecified atom stereocenters. The molecule has 0 aliphatic heterocycles. The molecule has 1 N–H and O–H groups in total. The molecule has 0 spiro atoms. The predicted octanol–water partition coefficient (Wildman–Crippen LogP) is 3.29. The number of hydrogen-bond acceptors (Lipinski definition) is 2. The van der Waals surface area contributed by atoms with Gasteiger partial charge in [0.25, 0.3) is 5.91 Å². The first-order valence-electron chi connectivity index (χ1n) is 6.45. The summed E-state index contributed by atoms with van der Waals surface area (Å²) in [6.07, 6.45) is 1.80. The van der Waals surface area contributed by atoms with Gasteiger partial charge in [-0.05, 0) is 44.5 Å². The van der Waals surface area contributed by atoms with Crippen LogP contribution in [0.3, 0.4) is 0 Å². The Morgan fingerprint density at radius 3 is 2.65 bits per heavy atom. The quantitative estimate of drug-likeness (QED) is 0.935. The van der Waals surface area contributed by atoms with Crippen molar-refractivity contribution in [1.82, 2.24) is 15.1 Å². The summed E-state index contributed by atoms with van der Waals surface area (Å²) in [6.45, 7) is 5.93. The Kier molecular flexibility index (Phi) is 4.28. The van der Waals surface area contributed by atoms with Crippen molar-refractivity contribution in [3.8, 4) is 0 Å². The summed E-state index contributed by atoms with van der Waals surface area (Å²) in [6, 6.07) is 5.52. The minimum Gasteiger partial charge on any atom is -0.345 e. The molecule has 0 aliphatic rings. The van der Waals surface area contributed by atoms with Crippen molar-refractivity contribution in [1.29, 1.82) is 0 Å². The fourth-order valence-electron chi connectivity index (χ4n) is 2.08. The topological polar surface area (TPSA) is 46.9 Å². The van der Waals surface area contributed by atoms with Gasteiger partial charge in [0.1, 0.15) is 0 Å². The summed E-state index contributed by atoms with van der Waals surface area (Å²) in [5.74, 6) is -0.0728. The Morgan fingerprint density at radius 1 is 1.40 bits per heavy atom. The fourth-order valence-corrected chi connectivity index (χ4v) is 2.33. The number of carbonyl (C=O) groups is 1. The average Bonchev–Trinajstić information content (AvgIpc) is 2.73. The zero-order valence-corrected chi connectivity index (χ0v) is 13.7. The monoisotopic (exact) mass is 335 g/mol. The number of rotatable bonds is 3. The summed E-state index contributed by atoms with van der Waals surface area (Å²) < 4.78 is 2.81. The molecule has 2 rings (SSSR count). The first kappa shape index (κ1) is 14.8. The van der Waals surface area contributed by atoms with Crippen molar-refractivity contribution in [2.24, 2.45) is 7.05 Å². The van der Waals surface area contributed by atoms with E-state index in [1.165, 1.54) is 0 Å². The summed E-state index contributed by atoms with van der Waals surface area (Å²) in [5.41, 5.74) is 3.81. The second kappa shape index (κ2) is 5.79. The van der Waals surface area contributed by atoms with Gasteiger partial charge in [-0.15, -0.1) is 0 Å². The molecule has 1 aromatic carbocycles. The van der Waals surface area contributed by atoms with Gasteiger partial charge >= 0.3 is 0 Å². The minimum absolute atomic E-state index is 0.0693. The number of amides is 1. The van der Waals surface area contributed by atoms with Crippen molar-refractivity contribution >= 4 is 21.8 Å². The van der Waals surface area contributed by atoms with Gasteiger partial charge in [-0.2, -0.15) is 5.10 Å². The Hall–Kier alpha value is -1.62. The fraction of sp³-hybridized carbons (Fsp3) is 0.333. The van der Waals surface area contributed by atoms with E-state index in [1.54, 1.807) is 6.20 Å². The van der Waals surface area contributed by atoms with Gasteiger partial charge in [0.05, 0.1) is 12.2 Å². The lowest BCUT2D eigenvalue weighted by atomic mass is 10.1. The average molecular weight is 336 g/mol. The second-order valence-corrected chi connectivity index (χ2v) is 5.82. The highest BCUT2D eigenvalue weighted by molar-refractivity contribution is 9.10. The van der Waals surface area contributed by atoms with E-state index in [-0.39, 0.29) is 11.9 Å². The number of aromatic nitrogens is 2. The van der Waals surface area contributed by atoms with Gasteiger partial charge in [-0.1, -0.05) is 15.9 Å². The van der Waals surface area contributed by atoms with Crippen molar-refractivity contribution in [2.45, 2.75) is 26.8 Å². The van der Waals surface area contributed by atoms with Crippen LogP contribution in [0, 0.1) is 13.8 Å². The van der Waals surface area contributed by atoms with E-state index in [4.69, 9.17) is 0 Å². The van der Waals surface area contributed by atoms with Crippen molar-refractivity contribution < 1.29 is 4.79 Å². The molecule has 1 heterocycles. The lowest BCUT2D eigenvalue weighted by Crippen LogP contribution is -2.27. The van der Waals surface area contributed by atoms with Crippen LogP contribution in [-0.2, 0) is 7.05 Å². The van der Waals surface area contributed by atoms with Gasteiger partial charge in [-0.25, -0.2) is 0 Å². The number of benzene rings is 1. The summed E-state index contributed by atoms with van der Waals surface area (Å²) in [7, 11) is 1.89. The lowest BCUT2D eigenvalue weighted by molar-refractivity contribution is 0.0939. The zero-order chi connectivity index (χ0) is 14.9. The molecule has 4 nitrogen and oxygen atoms in total. The molecule has 1 atom stereocenters. The van der Waals surface area contributed by atoms with Crippen LogP contribution in [0.15, 0.2) is 28.9 Å². The van der Waals surface area contributed by atoms with Crippen LogP contribution in [0.1, 0.15) is 40.1 Å². The molecular weight excluding hydrogens is 318 g/mol. The smallest absolute Gasteiger partial charge is 0.251 e. The van der Waals surface area contributed by atoms with Crippen molar-refractivity contribution in [3.63, 3.8) is 0 Å². The highest BCUT2D eigenvalue weighted by atomic mass is 79.9. The first-order chi connectivity index (χ1) is 9.40. The van der Waals surface area contributed by atoms with Crippen LogP contribution in [0.2, 0.25) is 0 Å². The van der Waals surface area contributed by atoms with E-state index < -0.39 is 0 Å². The standard InChI is InChI=1S/C15H18BrN3O/c1-9-7-12(5-6-14(9)16)15(20)18-10(2)13-8-17-19(4)11(13)3/h5-8,10H,1-4H3,(H,18,20). The van der Waals surface area contributed by atoms with Crippen LogP contribution < -0.4 is 5.32 Å². The van der Waals surface area contributed by atoms with Gasteiger partial charge in [0, 0.05) is 28.3 Å².